The molecule has 4 nitrogen and oxygen atoms in total. The van der Waals surface area contributed by atoms with Gasteiger partial charge in [-0.05, 0) is 87.4 Å². The van der Waals surface area contributed by atoms with Crippen LogP contribution in [0.5, 0.6) is 0 Å². The maximum absolute atomic E-state index is 12.5. The molecule has 0 unspecified atom stereocenters. The lowest BCUT2D eigenvalue weighted by Crippen LogP contribution is -2.12. The molecule has 140 valence electrons. The number of aromatic nitrogens is 1. The monoisotopic (exact) mass is 370 g/mol. The van der Waals surface area contributed by atoms with E-state index in [0.717, 1.165) is 33.5 Å². The van der Waals surface area contributed by atoms with Gasteiger partial charge in [0.2, 0.25) is 5.89 Å². The van der Waals surface area contributed by atoms with Crippen LogP contribution in [-0.4, -0.2) is 10.9 Å². The highest BCUT2D eigenvalue weighted by molar-refractivity contribution is 6.04. The molecule has 0 saturated carbocycles. The zero-order valence-electron chi connectivity index (χ0n) is 16.5. The van der Waals surface area contributed by atoms with Gasteiger partial charge in [0.05, 0.1) is 0 Å². The fraction of sp³-hybridized carbons (Fsp3) is 0.167. The second kappa shape index (κ2) is 6.97. The minimum Gasteiger partial charge on any atom is -0.436 e. The Hall–Kier alpha value is -3.40. The number of fused-ring (bicyclic) bond motifs is 1. The third-order valence-corrected chi connectivity index (χ3v) is 4.88. The summed E-state index contributed by atoms with van der Waals surface area (Å²) in [6, 6.07) is 17.4. The smallest absolute Gasteiger partial charge is 0.255 e. The second-order valence-electron chi connectivity index (χ2n) is 7.33. The van der Waals surface area contributed by atoms with Gasteiger partial charge in [-0.2, -0.15) is 0 Å². The van der Waals surface area contributed by atoms with Crippen molar-refractivity contribution in [3.05, 3.63) is 82.4 Å². The fourth-order valence-electron chi connectivity index (χ4n) is 3.31. The number of anilines is 1. The van der Waals surface area contributed by atoms with Gasteiger partial charge in [0.15, 0.2) is 5.58 Å². The average Bonchev–Trinajstić information content (AvgIpc) is 3.04. The van der Waals surface area contributed by atoms with Crippen LogP contribution in [0.1, 0.15) is 32.6 Å². The zero-order valence-corrected chi connectivity index (χ0v) is 16.5. The van der Waals surface area contributed by atoms with Crippen molar-refractivity contribution in [3.8, 4) is 11.5 Å². The molecule has 4 heteroatoms. The lowest BCUT2D eigenvalue weighted by atomic mass is 10.1. The van der Waals surface area contributed by atoms with E-state index in [1.807, 2.05) is 62.4 Å². The number of carbonyl (C=O) groups excluding carboxylic acids is 1. The van der Waals surface area contributed by atoms with Crippen LogP contribution >= 0.6 is 0 Å². The van der Waals surface area contributed by atoms with Crippen molar-refractivity contribution < 1.29 is 9.21 Å². The van der Waals surface area contributed by atoms with E-state index >= 15 is 0 Å². The normalized spacial score (nSPS) is 11.0. The fourth-order valence-corrected chi connectivity index (χ4v) is 3.31. The Morgan fingerprint density at radius 1 is 0.857 bits per heavy atom. The van der Waals surface area contributed by atoms with Crippen molar-refractivity contribution in [1.29, 1.82) is 0 Å². The van der Waals surface area contributed by atoms with Gasteiger partial charge in [-0.3, -0.25) is 4.79 Å². The first kappa shape index (κ1) is 18.0. The van der Waals surface area contributed by atoms with Gasteiger partial charge in [0, 0.05) is 16.8 Å². The Kier molecular flexibility index (Phi) is 4.47. The molecular formula is C24H22N2O2. The first-order chi connectivity index (χ1) is 13.4. The van der Waals surface area contributed by atoms with E-state index < -0.39 is 0 Å². The Labute approximate surface area is 164 Å². The van der Waals surface area contributed by atoms with Crippen molar-refractivity contribution in [2.45, 2.75) is 27.7 Å². The van der Waals surface area contributed by atoms with Crippen LogP contribution in [0.25, 0.3) is 22.6 Å². The van der Waals surface area contributed by atoms with E-state index in [4.69, 9.17) is 4.42 Å². The van der Waals surface area contributed by atoms with E-state index in [9.17, 15) is 4.79 Å². The highest BCUT2D eigenvalue weighted by Gasteiger charge is 2.11. The van der Waals surface area contributed by atoms with Gasteiger partial charge in [0.1, 0.15) is 5.52 Å². The van der Waals surface area contributed by atoms with Crippen molar-refractivity contribution in [2.75, 3.05) is 5.32 Å². The maximum atomic E-state index is 12.5. The number of nitrogens with zero attached hydrogens (tertiary/aromatic N) is 1. The average molecular weight is 370 g/mol. The molecule has 1 aromatic heterocycles. The molecule has 0 fully saturated rings. The zero-order chi connectivity index (χ0) is 19.8. The molecule has 0 atom stereocenters. The van der Waals surface area contributed by atoms with E-state index in [1.54, 1.807) is 0 Å². The number of aryl methyl sites for hydroxylation is 4. The van der Waals surface area contributed by atoms with Crippen LogP contribution in [0, 0.1) is 27.7 Å². The molecule has 28 heavy (non-hydrogen) atoms. The number of hydrogen-bond acceptors (Lipinski definition) is 3. The lowest BCUT2D eigenvalue weighted by molar-refractivity contribution is 0.102. The van der Waals surface area contributed by atoms with Crippen molar-refractivity contribution >= 4 is 22.7 Å². The standard InChI is InChI=1S/C24H22N2O2/c1-14-9-15(2)11-19(10-14)23(27)25-20-7-5-18(6-8-20)24-26-21-12-16(3)17(4)13-22(21)28-24/h5-13H,1-4H3,(H,25,27). The molecule has 0 radical (unpaired) electrons. The van der Waals surface area contributed by atoms with E-state index in [1.165, 1.54) is 11.1 Å². The van der Waals surface area contributed by atoms with E-state index in [0.29, 0.717) is 11.5 Å². The van der Waals surface area contributed by atoms with Crippen molar-refractivity contribution in [2.24, 2.45) is 0 Å². The van der Waals surface area contributed by atoms with Gasteiger partial charge in [0.25, 0.3) is 5.91 Å². The topological polar surface area (TPSA) is 55.1 Å². The lowest BCUT2D eigenvalue weighted by Gasteiger charge is -2.07. The minimum absolute atomic E-state index is 0.118. The van der Waals surface area contributed by atoms with Gasteiger partial charge >= 0.3 is 0 Å². The highest BCUT2D eigenvalue weighted by atomic mass is 16.3. The van der Waals surface area contributed by atoms with Crippen LogP contribution in [0.15, 0.2) is 59.0 Å². The predicted molar refractivity (Wildman–Crippen MR) is 113 cm³/mol. The second-order valence-corrected chi connectivity index (χ2v) is 7.33. The largest absolute Gasteiger partial charge is 0.436 e. The molecule has 1 heterocycles. The molecule has 0 saturated heterocycles. The number of carbonyl (C=O) groups is 1. The third-order valence-electron chi connectivity index (χ3n) is 4.88. The summed E-state index contributed by atoms with van der Waals surface area (Å²) in [6.07, 6.45) is 0. The minimum atomic E-state index is -0.118. The molecule has 1 N–H and O–H groups in total. The molecule has 4 rings (SSSR count). The van der Waals surface area contributed by atoms with E-state index in [-0.39, 0.29) is 5.91 Å². The molecule has 0 spiro atoms. The predicted octanol–water partition coefficient (Wildman–Crippen LogP) is 5.98. The van der Waals surface area contributed by atoms with Gasteiger partial charge < -0.3 is 9.73 Å². The molecule has 0 aliphatic carbocycles. The third kappa shape index (κ3) is 3.54. The molecular weight excluding hydrogens is 348 g/mol. The number of benzene rings is 3. The van der Waals surface area contributed by atoms with Gasteiger partial charge in [-0.1, -0.05) is 17.2 Å². The first-order valence-electron chi connectivity index (χ1n) is 9.27. The Morgan fingerprint density at radius 2 is 1.50 bits per heavy atom. The molecule has 0 aliphatic heterocycles. The molecule has 1 amide bonds. The van der Waals surface area contributed by atoms with Gasteiger partial charge in [-0.25, -0.2) is 4.98 Å². The summed E-state index contributed by atoms with van der Waals surface area (Å²) < 4.78 is 5.91. The van der Waals surface area contributed by atoms with Crippen LogP contribution < -0.4 is 5.32 Å². The Balaban J connectivity index is 1.56. The van der Waals surface area contributed by atoms with Gasteiger partial charge in [-0.15, -0.1) is 0 Å². The molecule has 3 aromatic carbocycles. The summed E-state index contributed by atoms with van der Waals surface area (Å²) >= 11 is 0. The number of nitrogens with one attached hydrogen (secondary N) is 1. The van der Waals surface area contributed by atoms with Crippen LogP contribution in [0.2, 0.25) is 0 Å². The first-order valence-corrected chi connectivity index (χ1v) is 9.27. The summed E-state index contributed by atoms with van der Waals surface area (Å²) in [6.45, 7) is 8.10. The Bertz CT molecular complexity index is 1130. The molecule has 0 aliphatic rings. The quantitative estimate of drug-likeness (QED) is 0.482. The van der Waals surface area contributed by atoms with Crippen LogP contribution in [0.4, 0.5) is 5.69 Å². The van der Waals surface area contributed by atoms with Crippen molar-refractivity contribution in [3.63, 3.8) is 0 Å². The molecule has 4 aromatic rings. The number of hydrogen-bond donors (Lipinski definition) is 1. The van der Waals surface area contributed by atoms with E-state index in [2.05, 4.69) is 30.2 Å². The summed E-state index contributed by atoms with van der Waals surface area (Å²) in [7, 11) is 0. The summed E-state index contributed by atoms with van der Waals surface area (Å²) in [4.78, 5) is 17.1. The SMILES string of the molecule is Cc1cc(C)cc(C(=O)Nc2ccc(-c3nc4cc(C)c(C)cc4o3)cc2)c1. The highest BCUT2D eigenvalue weighted by Crippen LogP contribution is 2.27. The Morgan fingerprint density at radius 3 is 2.18 bits per heavy atom. The summed E-state index contributed by atoms with van der Waals surface area (Å²) in [5.74, 6) is 0.458. The molecule has 0 bridgehead atoms. The maximum Gasteiger partial charge on any atom is 0.255 e. The summed E-state index contributed by atoms with van der Waals surface area (Å²) in [5.41, 5.74) is 8.41. The number of oxazole rings is 1. The van der Waals surface area contributed by atoms with Crippen molar-refractivity contribution in [1.82, 2.24) is 4.98 Å². The number of amides is 1. The number of rotatable bonds is 3. The summed E-state index contributed by atoms with van der Waals surface area (Å²) in [5, 5.41) is 2.94. The van der Waals surface area contributed by atoms with Crippen LogP contribution in [0.3, 0.4) is 0 Å². The van der Waals surface area contributed by atoms with Crippen LogP contribution in [-0.2, 0) is 0 Å².